The number of carbonyl (C=O) groups excluding carboxylic acids is 1. The highest BCUT2D eigenvalue weighted by Crippen LogP contribution is 2.13. The van der Waals surface area contributed by atoms with E-state index in [0.717, 1.165) is 11.1 Å². The maximum Gasteiger partial charge on any atom is 0.269 e. The minimum absolute atomic E-state index is 0.0349. The number of hydrogen-bond acceptors (Lipinski definition) is 3. The van der Waals surface area contributed by atoms with Gasteiger partial charge >= 0.3 is 0 Å². The molecule has 118 valence electrons. The molecular weight excluding hydrogens is 292 g/mol. The lowest BCUT2D eigenvalue weighted by atomic mass is 10.2. The van der Waals surface area contributed by atoms with E-state index < -0.39 is 4.92 Å². The van der Waals surface area contributed by atoms with Crippen LogP contribution in [-0.2, 0) is 11.3 Å². The largest absolute Gasteiger partial charge is 0.335 e. The van der Waals surface area contributed by atoms with Gasteiger partial charge in [-0.15, -0.1) is 0 Å². The first-order valence-corrected chi connectivity index (χ1v) is 7.35. The van der Waals surface area contributed by atoms with E-state index in [0.29, 0.717) is 13.1 Å². The molecule has 0 fully saturated rings. The number of likely N-dealkylation sites (N-methyl/N-ethyl adjacent to an activating group) is 1. The third kappa shape index (κ3) is 4.78. The number of nitro benzene ring substituents is 1. The highest BCUT2D eigenvalue weighted by Gasteiger charge is 2.09. The van der Waals surface area contributed by atoms with Gasteiger partial charge in [0.1, 0.15) is 0 Å². The predicted molar refractivity (Wildman–Crippen MR) is 89.7 cm³/mol. The van der Waals surface area contributed by atoms with Gasteiger partial charge in [0, 0.05) is 31.3 Å². The van der Waals surface area contributed by atoms with Crippen LogP contribution >= 0.6 is 0 Å². The van der Waals surface area contributed by atoms with E-state index in [9.17, 15) is 14.9 Å². The van der Waals surface area contributed by atoms with E-state index in [4.69, 9.17) is 0 Å². The molecule has 0 spiro atoms. The summed E-state index contributed by atoms with van der Waals surface area (Å²) in [5, 5.41) is 10.6. The maximum atomic E-state index is 12.3. The van der Waals surface area contributed by atoms with Crippen molar-refractivity contribution >= 4 is 17.7 Å². The standard InChI is InChI=1S/C18H18N2O3/c1-2-19(14-16-6-4-3-5-7-16)18(21)13-10-15-8-11-17(12-9-15)20(22)23/h3-13H,2,14H2,1H3/b13-10+. The Morgan fingerprint density at radius 3 is 2.35 bits per heavy atom. The van der Waals surface area contributed by atoms with Crippen LogP contribution in [0.1, 0.15) is 18.1 Å². The number of amides is 1. The monoisotopic (exact) mass is 310 g/mol. The SMILES string of the molecule is CCN(Cc1ccccc1)C(=O)/C=C/c1ccc([N+](=O)[O-])cc1. The molecule has 0 atom stereocenters. The molecule has 0 saturated heterocycles. The topological polar surface area (TPSA) is 63.5 Å². The maximum absolute atomic E-state index is 12.3. The van der Waals surface area contributed by atoms with Crippen molar-refractivity contribution in [2.45, 2.75) is 13.5 Å². The first-order chi connectivity index (χ1) is 11.1. The Morgan fingerprint density at radius 1 is 1.13 bits per heavy atom. The molecule has 2 rings (SSSR count). The third-order valence-corrected chi connectivity index (χ3v) is 3.43. The van der Waals surface area contributed by atoms with Crippen molar-refractivity contribution in [3.05, 3.63) is 81.9 Å². The molecule has 0 aliphatic rings. The fourth-order valence-corrected chi connectivity index (χ4v) is 2.13. The lowest BCUT2D eigenvalue weighted by molar-refractivity contribution is -0.384. The molecule has 2 aromatic carbocycles. The van der Waals surface area contributed by atoms with Gasteiger partial charge in [-0.05, 0) is 36.3 Å². The van der Waals surface area contributed by atoms with Crippen LogP contribution in [0.3, 0.4) is 0 Å². The summed E-state index contributed by atoms with van der Waals surface area (Å²) in [6.07, 6.45) is 3.16. The van der Waals surface area contributed by atoms with Gasteiger partial charge in [0.05, 0.1) is 4.92 Å². The summed E-state index contributed by atoms with van der Waals surface area (Å²) >= 11 is 0. The summed E-state index contributed by atoms with van der Waals surface area (Å²) in [7, 11) is 0. The Hall–Kier alpha value is -2.95. The third-order valence-electron chi connectivity index (χ3n) is 3.43. The number of non-ortho nitro benzene ring substituents is 1. The fraction of sp³-hybridized carbons (Fsp3) is 0.167. The summed E-state index contributed by atoms with van der Waals surface area (Å²) in [4.78, 5) is 24.2. The highest BCUT2D eigenvalue weighted by atomic mass is 16.6. The Labute approximate surface area is 135 Å². The van der Waals surface area contributed by atoms with Crippen molar-refractivity contribution in [2.24, 2.45) is 0 Å². The molecule has 0 unspecified atom stereocenters. The number of carbonyl (C=O) groups is 1. The summed E-state index contributed by atoms with van der Waals surface area (Å²) < 4.78 is 0. The lowest BCUT2D eigenvalue weighted by Crippen LogP contribution is -2.28. The van der Waals surface area contributed by atoms with Crippen molar-refractivity contribution in [2.75, 3.05) is 6.54 Å². The van der Waals surface area contributed by atoms with Crippen LogP contribution in [0.2, 0.25) is 0 Å². The molecule has 0 aromatic heterocycles. The van der Waals surface area contributed by atoms with E-state index in [1.165, 1.54) is 18.2 Å². The van der Waals surface area contributed by atoms with Gasteiger partial charge in [-0.25, -0.2) is 0 Å². The van der Waals surface area contributed by atoms with Crippen LogP contribution in [0.15, 0.2) is 60.7 Å². The molecule has 1 amide bonds. The minimum Gasteiger partial charge on any atom is -0.335 e. The van der Waals surface area contributed by atoms with E-state index in [2.05, 4.69) is 0 Å². The van der Waals surface area contributed by atoms with Crippen molar-refractivity contribution in [1.82, 2.24) is 4.90 Å². The van der Waals surface area contributed by atoms with Crippen molar-refractivity contribution < 1.29 is 9.72 Å². The molecular formula is C18H18N2O3. The van der Waals surface area contributed by atoms with Gasteiger partial charge in [-0.1, -0.05) is 30.3 Å². The Balaban J connectivity index is 2.02. The summed E-state index contributed by atoms with van der Waals surface area (Å²) in [6, 6.07) is 15.9. The average Bonchev–Trinajstić information content (AvgIpc) is 2.58. The van der Waals surface area contributed by atoms with Crippen LogP contribution in [0.25, 0.3) is 6.08 Å². The van der Waals surface area contributed by atoms with Gasteiger partial charge in [0.25, 0.3) is 5.69 Å². The highest BCUT2D eigenvalue weighted by molar-refractivity contribution is 5.91. The number of nitro groups is 1. The molecule has 0 radical (unpaired) electrons. The summed E-state index contributed by atoms with van der Waals surface area (Å²) in [6.45, 7) is 3.10. The normalized spacial score (nSPS) is 10.7. The second-order valence-electron chi connectivity index (χ2n) is 5.02. The molecule has 5 heteroatoms. The second-order valence-corrected chi connectivity index (χ2v) is 5.02. The molecule has 0 bridgehead atoms. The Bertz CT molecular complexity index is 694. The van der Waals surface area contributed by atoms with E-state index in [1.54, 1.807) is 23.1 Å². The van der Waals surface area contributed by atoms with Gasteiger partial charge in [-0.3, -0.25) is 14.9 Å². The van der Waals surface area contributed by atoms with Crippen molar-refractivity contribution in [3.63, 3.8) is 0 Å². The lowest BCUT2D eigenvalue weighted by Gasteiger charge is -2.19. The van der Waals surface area contributed by atoms with Crippen LogP contribution in [-0.4, -0.2) is 22.3 Å². The number of rotatable bonds is 6. The predicted octanol–water partition coefficient (Wildman–Crippen LogP) is 3.66. The molecule has 5 nitrogen and oxygen atoms in total. The minimum atomic E-state index is -0.447. The van der Waals surface area contributed by atoms with E-state index >= 15 is 0 Å². The summed E-state index contributed by atoms with van der Waals surface area (Å²) in [5.41, 5.74) is 1.86. The zero-order valence-corrected chi connectivity index (χ0v) is 12.9. The molecule has 0 aliphatic carbocycles. The quantitative estimate of drug-likeness (QED) is 0.465. The van der Waals surface area contributed by atoms with Crippen molar-refractivity contribution in [3.8, 4) is 0 Å². The first-order valence-electron chi connectivity index (χ1n) is 7.35. The van der Waals surface area contributed by atoms with E-state index in [-0.39, 0.29) is 11.6 Å². The molecule has 0 heterocycles. The Morgan fingerprint density at radius 2 is 1.78 bits per heavy atom. The van der Waals surface area contributed by atoms with Gasteiger partial charge < -0.3 is 4.90 Å². The number of hydrogen-bond donors (Lipinski definition) is 0. The van der Waals surface area contributed by atoms with Gasteiger partial charge in [0.2, 0.25) is 5.91 Å². The Kier molecular flexibility index (Phi) is 5.63. The van der Waals surface area contributed by atoms with Gasteiger partial charge in [-0.2, -0.15) is 0 Å². The number of benzene rings is 2. The molecule has 0 aliphatic heterocycles. The van der Waals surface area contributed by atoms with Crippen molar-refractivity contribution in [1.29, 1.82) is 0 Å². The van der Waals surface area contributed by atoms with E-state index in [1.807, 2.05) is 37.3 Å². The van der Waals surface area contributed by atoms with Crippen LogP contribution < -0.4 is 0 Å². The summed E-state index contributed by atoms with van der Waals surface area (Å²) in [5.74, 6) is -0.0882. The zero-order chi connectivity index (χ0) is 16.7. The zero-order valence-electron chi connectivity index (χ0n) is 12.9. The molecule has 23 heavy (non-hydrogen) atoms. The fourth-order valence-electron chi connectivity index (χ4n) is 2.13. The molecule has 0 N–H and O–H groups in total. The second kappa shape index (κ2) is 7.89. The molecule has 0 saturated carbocycles. The van der Waals surface area contributed by atoms with Crippen LogP contribution in [0, 0.1) is 10.1 Å². The smallest absolute Gasteiger partial charge is 0.269 e. The van der Waals surface area contributed by atoms with Gasteiger partial charge in [0.15, 0.2) is 0 Å². The first kappa shape index (κ1) is 16.4. The van der Waals surface area contributed by atoms with Crippen LogP contribution in [0.5, 0.6) is 0 Å². The molecule has 2 aromatic rings. The van der Waals surface area contributed by atoms with Crippen LogP contribution in [0.4, 0.5) is 5.69 Å². The number of nitrogens with zero attached hydrogens (tertiary/aromatic N) is 2. The average molecular weight is 310 g/mol.